The minimum Gasteiger partial charge on any atom is -0.309 e. The van der Waals surface area contributed by atoms with Crippen LogP contribution in [0, 0.1) is 0 Å². The van der Waals surface area contributed by atoms with E-state index in [0.29, 0.717) is 0 Å². The molecule has 0 amide bonds. The second-order valence-electron chi connectivity index (χ2n) is 4.08. The molecule has 1 aliphatic rings. The van der Waals surface area contributed by atoms with E-state index in [4.69, 9.17) is 0 Å². The van der Waals surface area contributed by atoms with Gasteiger partial charge in [-0.2, -0.15) is 43.9 Å². The van der Waals surface area contributed by atoms with Crippen LogP contribution < -0.4 is 0 Å². The molecule has 1 rings (SSSR count). The van der Waals surface area contributed by atoms with Gasteiger partial charge in [0, 0.05) is 0 Å². The predicted molar refractivity (Wildman–Crippen MR) is 41.3 cm³/mol. The quantitative estimate of drug-likeness (QED) is 0.560. The van der Waals surface area contributed by atoms with E-state index in [0.717, 1.165) is 0 Å². The van der Waals surface area contributed by atoms with Gasteiger partial charge in [0.2, 0.25) is 0 Å². The second-order valence-corrected chi connectivity index (χ2v) is 4.08. The van der Waals surface area contributed by atoms with E-state index in [9.17, 15) is 48.3 Å². The smallest absolute Gasteiger partial charge is 0.309 e. The van der Waals surface area contributed by atoms with Crippen LogP contribution in [0.25, 0.3) is 0 Å². The standard InChI is InChI=1S/C8H5F11O2/c1-2(3(9)4(10)7(16,17)21-4)20-8(18,19)5(11,12)6(13,14)15/h2-3H,1H3. The molecule has 0 aromatic rings. The molecule has 0 N–H and O–H groups in total. The molecule has 0 bridgehead atoms. The Bertz CT molecular complexity index is 406. The summed E-state index contributed by atoms with van der Waals surface area (Å²) in [5.74, 6) is -11.2. The van der Waals surface area contributed by atoms with Gasteiger partial charge in [0.15, 0.2) is 6.17 Å². The van der Waals surface area contributed by atoms with E-state index < -0.39 is 42.4 Å². The van der Waals surface area contributed by atoms with E-state index in [-0.39, 0.29) is 6.92 Å². The predicted octanol–water partition coefficient (Wildman–Crippen LogP) is 3.81. The van der Waals surface area contributed by atoms with E-state index in [1.807, 2.05) is 0 Å². The lowest BCUT2D eigenvalue weighted by atomic mass is 10.1. The molecule has 3 atom stereocenters. The minimum absolute atomic E-state index is 0.0596. The van der Waals surface area contributed by atoms with Crippen LogP contribution in [0.15, 0.2) is 0 Å². The van der Waals surface area contributed by atoms with E-state index >= 15 is 0 Å². The molecule has 1 saturated heterocycles. The number of halogens is 11. The Hall–Kier alpha value is -0.850. The molecule has 0 spiro atoms. The van der Waals surface area contributed by atoms with Gasteiger partial charge in [0.05, 0.1) is 6.10 Å². The molecule has 21 heavy (non-hydrogen) atoms. The number of epoxide rings is 1. The third-order valence-electron chi connectivity index (χ3n) is 2.45. The molecule has 1 aliphatic heterocycles. The fourth-order valence-electron chi connectivity index (χ4n) is 1.21. The van der Waals surface area contributed by atoms with Crippen LogP contribution in [0.3, 0.4) is 0 Å². The van der Waals surface area contributed by atoms with Crippen molar-refractivity contribution in [1.29, 1.82) is 0 Å². The zero-order valence-electron chi connectivity index (χ0n) is 9.63. The van der Waals surface area contributed by atoms with Gasteiger partial charge in [0.1, 0.15) is 0 Å². The van der Waals surface area contributed by atoms with Crippen LogP contribution in [-0.2, 0) is 9.47 Å². The largest absolute Gasteiger partial charge is 0.462 e. The molecule has 0 aliphatic carbocycles. The third-order valence-corrected chi connectivity index (χ3v) is 2.45. The van der Waals surface area contributed by atoms with E-state index in [2.05, 4.69) is 9.47 Å². The van der Waals surface area contributed by atoms with Gasteiger partial charge in [-0.3, -0.25) is 4.74 Å². The molecule has 0 radical (unpaired) electrons. The van der Waals surface area contributed by atoms with Crippen LogP contribution in [0.1, 0.15) is 6.92 Å². The van der Waals surface area contributed by atoms with Gasteiger partial charge in [-0.05, 0) is 6.92 Å². The maximum atomic E-state index is 13.1. The number of rotatable bonds is 5. The highest BCUT2D eigenvalue weighted by Crippen LogP contribution is 2.56. The van der Waals surface area contributed by atoms with Crippen molar-refractivity contribution < 1.29 is 57.8 Å². The first-order valence-corrected chi connectivity index (χ1v) is 4.91. The average molecular weight is 342 g/mol. The number of hydrogen-bond acceptors (Lipinski definition) is 2. The van der Waals surface area contributed by atoms with Crippen LogP contribution in [-0.4, -0.2) is 42.4 Å². The van der Waals surface area contributed by atoms with Crippen molar-refractivity contribution in [2.24, 2.45) is 0 Å². The zero-order valence-corrected chi connectivity index (χ0v) is 9.63. The fraction of sp³-hybridized carbons (Fsp3) is 1.00. The summed E-state index contributed by atoms with van der Waals surface area (Å²) < 4.78 is 142. The van der Waals surface area contributed by atoms with Gasteiger partial charge < -0.3 is 4.74 Å². The van der Waals surface area contributed by atoms with Crippen molar-refractivity contribution in [3.8, 4) is 0 Å². The summed E-state index contributed by atoms with van der Waals surface area (Å²) in [6.07, 6.45) is -24.6. The lowest BCUT2D eigenvalue weighted by Gasteiger charge is -2.30. The van der Waals surface area contributed by atoms with Crippen LogP contribution in [0.5, 0.6) is 0 Å². The lowest BCUT2D eigenvalue weighted by Crippen LogP contribution is -2.55. The summed E-state index contributed by atoms with van der Waals surface area (Å²) in [6, 6.07) is 0. The van der Waals surface area contributed by atoms with Gasteiger partial charge >= 0.3 is 30.2 Å². The van der Waals surface area contributed by atoms with E-state index in [1.54, 1.807) is 0 Å². The first-order chi connectivity index (χ1) is 9.00. The molecule has 0 aromatic carbocycles. The van der Waals surface area contributed by atoms with Crippen LogP contribution in [0.4, 0.5) is 48.3 Å². The zero-order chi connectivity index (χ0) is 17.1. The molecule has 0 saturated carbocycles. The van der Waals surface area contributed by atoms with Crippen molar-refractivity contribution in [3.05, 3.63) is 0 Å². The normalized spacial score (nSPS) is 29.1. The molecule has 13 heteroatoms. The van der Waals surface area contributed by atoms with Crippen molar-refractivity contribution in [2.45, 2.75) is 49.4 Å². The van der Waals surface area contributed by atoms with Crippen molar-refractivity contribution >= 4 is 0 Å². The molecule has 3 unspecified atom stereocenters. The van der Waals surface area contributed by atoms with Crippen molar-refractivity contribution in [1.82, 2.24) is 0 Å². The van der Waals surface area contributed by atoms with Crippen LogP contribution in [0.2, 0.25) is 0 Å². The maximum absolute atomic E-state index is 13.1. The summed E-state index contributed by atoms with van der Waals surface area (Å²) in [4.78, 5) is 0. The highest BCUT2D eigenvalue weighted by molar-refractivity contribution is 5.02. The van der Waals surface area contributed by atoms with Gasteiger partial charge in [-0.15, -0.1) is 0 Å². The Morgan fingerprint density at radius 2 is 1.33 bits per heavy atom. The first-order valence-electron chi connectivity index (χ1n) is 4.91. The van der Waals surface area contributed by atoms with E-state index in [1.165, 1.54) is 0 Å². The summed E-state index contributed by atoms with van der Waals surface area (Å²) in [5, 5.41) is 0. The van der Waals surface area contributed by atoms with Crippen molar-refractivity contribution in [2.75, 3.05) is 0 Å². The molecule has 2 nitrogen and oxygen atoms in total. The summed E-state index contributed by atoms with van der Waals surface area (Å²) in [6.45, 7) is 0.0596. The maximum Gasteiger partial charge on any atom is 0.462 e. The minimum atomic E-state index is -6.77. The van der Waals surface area contributed by atoms with Gasteiger partial charge in [-0.25, -0.2) is 4.39 Å². The fourth-order valence-corrected chi connectivity index (χ4v) is 1.21. The summed E-state index contributed by atoms with van der Waals surface area (Å²) >= 11 is 0. The Morgan fingerprint density at radius 3 is 1.62 bits per heavy atom. The third kappa shape index (κ3) is 2.76. The monoisotopic (exact) mass is 342 g/mol. The summed E-state index contributed by atoms with van der Waals surface area (Å²) in [7, 11) is 0. The van der Waals surface area contributed by atoms with Gasteiger partial charge in [-0.1, -0.05) is 0 Å². The molecule has 1 heterocycles. The molecule has 126 valence electrons. The molecule has 0 aromatic heterocycles. The lowest BCUT2D eigenvalue weighted by molar-refractivity contribution is -0.433. The van der Waals surface area contributed by atoms with Crippen molar-refractivity contribution in [3.63, 3.8) is 0 Å². The summed E-state index contributed by atoms with van der Waals surface area (Å²) in [5.41, 5.74) is 0. The average Bonchev–Trinajstić information content (AvgIpc) is 2.75. The molecular weight excluding hydrogens is 337 g/mol. The highest BCUT2D eigenvalue weighted by atomic mass is 19.4. The number of ether oxygens (including phenoxy) is 2. The Kier molecular flexibility index (Phi) is 3.96. The topological polar surface area (TPSA) is 21.8 Å². The molecule has 1 fully saturated rings. The number of alkyl halides is 11. The Balaban J connectivity index is 2.85. The first kappa shape index (κ1) is 18.2. The number of hydrogen-bond donors (Lipinski definition) is 0. The molecular formula is C8H5F11O2. The SMILES string of the molecule is CC(OC(F)(F)C(F)(F)C(F)(F)F)C(F)C1(F)OC1(F)F. The second kappa shape index (κ2) is 4.57. The van der Waals surface area contributed by atoms with Crippen LogP contribution >= 0.6 is 0 Å². The highest BCUT2D eigenvalue weighted by Gasteiger charge is 2.83. The van der Waals surface area contributed by atoms with Gasteiger partial charge in [0.25, 0.3) is 0 Å². The Morgan fingerprint density at radius 1 is 0.952 bits per heavy atom. The Labute approximate surface area is 108 Å².